The molecular weight excluding hydrogens is 594 g/mol. The number of carbonyl (C=O) groups excluding carboxylic acids is 4. The number of aromatic nitrogens is 1. The van der Waals surface area contributed by atoms with Gasteiger partial charge in [-0.2, -0.15) is 0 Å². The van der Waals surface area contributed by atoms with Crippen LogP contribution in [0, 0.1) is 0 Å². The Kier molecular flexibility index (Phi) is 11.3. The van der Waals surface area contributed by atoms with Crippen LogP contribution in [-0.4, -0.2) is 46.7 Å². The number of rotatable bonds is 8. The lowest BCUT2D eigenvalue weighted by atomic mass is 10.0. The number of nitrogens with zero attached hydrogens (tertiary/aromatic N) is 1. The Morgan fingerprint density at radius 1 is 0.830 bits per heavy atom. The molecule has 1 aliphatic rings. The molecule has 4 N–H and O–H groups in total. The average Bonchev–Trinajstić information content (AvgIpc) is 3.09. The molecule has 3 atom stereocenters. The lowest BCUT2D eigenvalue weighted by Crippen LogP contribution is -2.57. The highest BCUT2D eigenvalue weighted by molar-refractivity contribution is 5.94. The Morgan fingerprint density at radius 2 is 1.53 bits per heavy atom. The zero-order chi connectivity index (χ0) is 33.0. The summed E-state index contributed by atoms with van der Waals surface area (Å²) < 4.78 is 6.15. The van der Waals surface area contributed by atoms with Crippen molar-refractivity contribution in [3.63, 3.8) is 0 Å². The fraction of sp³-hybridized carbons (Fsp3) is 0.270. The van der Waals surface area contributed by atoms with E-state index in [-0.39, 0.29) is 38.1 Å². The lowest BCUT2D eigenvalue weighted by Gasteiger charge is -2.26. The monoisotopic (exact) mass is 633 g/mol. The molecule has 0 aliphatic carbocycles. The topological polar surface area (TPSA) is 139 Å². The summed E-state index contributed by atoms with van der Waals surface area (Å²) in [4.78, 5) is 58.2. The van der Waals surface area contributed by atoms with E-state index in [9.17, 15) is 19.2 Å². The van der Waals surface area contributed by atoms with E-state index in [0.29, 0.717) is 23.6 Å². The zero-order valence-corrected chi connectivity index (χ0v) is 26.3. The van der Waals surface area contributed by atoms with Crippen molar-refractivity contribution < 1.29 is 23.9 Å². The van der Waals surface area contributed by atoms with Crippen molar-refractivity contribution in [2.45, 2.75) is 63.7 Å². The molecule has 47 heavy (non-hydrogen) atoms. The van der Waals surface area contributed by atoms with Crippen LogP contribution in [0.2, 0.25) is 0 Å². The predicted molar refractivity (Wildman–Crippen MR) is 177 cm³/mol. The van der Waals surface area contributed by atoms with Gasteiger partial charge < -0.3 is 26.0 Å². The smallest absolute Gasteiger partial charge is 0.243 e. The van der Waals surface area contributed by atoms with Gasteiger partial charge in [0.2, 0.25) is 23.6 Å². The molecule has 10 heteroatoms. The predicted octanol–water partition coefficient (Wildman–Crippen LogP) is 3.79. The first-order valence-electron chi connectivity index (χ1n) is 15.8. The molecule has 5 rings (SSSR count). The van der Waals surface area contributed by atoms with Crippen LogP contribution < -0.4 is 26.0 Å². The highest BCUT2D eigenvalue weighted by Gasteiger charge is 2.30. The Balaban J connectivity index is 1.48. The first-order valence-corrected chi connectivity index (χ1v) is 15.8. The molecule has 0 spiro atoms. The summed E-state index contributed by atoms with van der Waals surface area (Å²) in [5.41, 5.74) is 3.22. The summed E-state index contributed by atoms with van der Waals surface area (Å²) in [6.45, 7) is 1.89. The molecule has 0 saturated carbocycles. The second-order valence-electron chi connectivity index (χ2n) is 11.5. The van der Waals surface area contributed by atoms with Gasteiger partial charge >= 0.3 is 0 Å². The quantitative estimate of drug-likeness (QED) is 0.233. The van der Waals surface area contributed by atoms with E-state index in [2.05, 4.69) is 26.3 Å². The van der Waals surface area contributed by atoms with Crippen LogP contribution in [-0.2, 0) is 45.0 Å². The fourth-order valence-electron chi connectivity index (χ4n) is 5.37. The summed E-state index contributed by atoms with van der Waals surface area (Å²) in [7, 11) is 0. The third kappa shape index (κ3) is 9.74. The molecule has 4 aromatic rings. The van der Waals surface area contributed by atoms with Gasteiger partial charge in [-0.05, 0) is 65.9 Å². The maximum absolute atomic E-state index is 14.0. The van der Waals surface area contributed by atoms with Crippen molar-refractivity contribution in [2.75, 3.05) is 0 Å². The molecule has 4 bridgehead atoms. The van der Waals surface area contributed by atoms with Gasteiger partial charge in [0.25, 0.3) is 0 Å². The Hall–Kier alpha value is -5.51. The van der Waals surface area contributed by atoms with Gasteiger partial charge in [-0.1, -0.05) is 67.6 Å². The maximum Gasteiger partial charge on any atom is 0.243 e. The first kappa shape index (κ1) is 32.9. The SMILES string of the molecule is CCC(=O)N[C@H]1Cc2cccc(c2)Oc2cccc(c2)C[C@@H](C(=O)NCc2ccccn2)NC(=O)[C@H](CCc2ccccc2)NC1=O. The standard InChI is InChI=1S/C37H39N5O5/c1-2-34(43)40-33-23-27-13-9-16-30(21-27)47-29-15-8-12-26(20-29)22-32(35(44)39-24-28-14-6-7-19-38-28)42-36(45)31(41-37(33)46)18-17-25-10-4-3-5-11-25/h3-16,19-21,31-33H,2,17-18,22-24H2,1H3,(H,39,44)(H,40,43)(H,41,46)(H,42,45)/t31-,32-,33-/m0/s1. The van der Waals surface area contributed by atoms with Gasteiger partial charge in [-0.15, -0.1) is 0 Å². The van der Waals surface area contributed by atoms with Crippen molar-refractivity contribution in [3.8, 4) is 11.5 Å². The largest absolute Gasteiger partial charge is 0.457 e. The third-order valence-corrected chi connectivity index (χ3v) is 7.89. The lowest BCUT2D eigenvalue weighted by molar-refractivity contribution is -0.133. The van der Waals surface area contributed by atoms with Crippen LogP contribution in [0.4, 0.5) is 0 Å². The number of nitrogens with one attached hydrogen (secondary N) is 4. The third-order valence-electron chi connectivity index (χ3n) is 7.89. The van der Waals surface area contributed by atoms with Gasteiger partial charge in [-0.3, -0.25) is 24.2 Å². The summed E-state index contributed by atoms with van der Waals surface area (Å²) in [5, 5.41) is 11.5. The van der Waals surface area contributed by atoms with E-state index >= 15 is 0 Å². The molecule has 1 aromatic heterocycles. The van der Waals surface area contributed by atoms with Crippen LogP contribution in [0.15, 0.2) is 103 Å². The van der Waals surface area contributed by atoms with Crippen molar-refractivity contribution >= 4 is 23.6 Å². The summed E-state index contributed by atoms with van der Waals surface area (Å²) >= 11 is 0. The number of ether oxygens (including phenoxy) is 1. The zero-order valence-electron chi connectivity index (χ0n) is 26.3. The molecule has 0 radical (unpaired) electrons. The number of carbonyl (C=O) groups is 4. The summed E-state index contributed by atoms with van der Waals surface area (Å²) in [6.07, 6.45) is 2.97. The van der Waals surface area contributed by atoms with E-state index in [0.717, 1.165) is 16.7 Å². The summed E-state index contributed by atoms with van der Waals surface area (Å²) in [5.74, 6) is -0.579. The van der Waals surface area contributed by atoms with Gasteiger partial charge in [0, 0.05) is 25.5 Å². The highest BCUT2D eigenvalue weighted by atomic mass is 16.5. The van der Waals surface area contributed by atoms with Crippen molar-refractivity contribution in [1.82, 2.24) is 26.3 Å². The number of amides is 4. The maximum atomic E-state index is 14.0. The second kappa shape index (κ2) is 16.2. The average molecular weight is 634 g/mol. The molecule has 242 valence electrons. The minimum atomic E-state index is -0.983. The van der Waals surface area contributed by atoms with E-state index in [1.165, 1.54) is 0 Å². The molecular formula is C37H39N5O5. The molecule has 4 amide bonds. The Morgan fingerprint density at radius 3 is 2.21 bits per heavy atom. The van der Waals surface area contributed by atoms with Crippen molar-refractivity contribution in [3.05, 3.63) is 126 Å². The molecule has 0 saturated heterocycles. The van der Waals surface area contributed by atoms with E-state index < -0.39 is 35.8 Å². The highest BCUT2D eigenvalue weighted by Crippen LogP contribution is 2.24. The van der Waals surface area contributed by atoms with Crippen molar-refractivity contribution in [1.29, 1.82) is 0 Å². The van der Waals surface area contributed by atoms with Crippen molar-refractivity contribution in [2.24, 2.45) is 0 Å². The number of benzene rings is 3. The van der Waals surface area contributed by atoms with Gasteiger partial charge in [0.05, 0.1) is 12.2 Å². The number of aryl methyl sites for hydroxylation is 1. The van der Waals surface area contributed by atoms with Crippen LogP contribution in [0.25, 0.3) is 0 Å². The Labute approximate surface area is 274 Å². The minimum absolute atomic E-state index is 0.172. The van der Waals surface area contributed by atoms with E-state index in [1.807, 2.05) is 84.9 Å². The molecule has 0 unspecified atom stereocenters. The van der Waals surface area contributed by atoms with Crippen LogP contribution in [0.5, 0.6) is 11.5 Å². The summed E-state index contributed by atoms with van der Waals surface area (Å²) in [6, 6.07) is 26.8. The molecule has 10 nitrogen and oxygen atoms in total. The molecule has 1 aliphatic heterocycles. The first-order chi connectivity index (χ1) is 22.9. The second-order valence-corrected chi connectivity index (χ2v) is 11.5. The minimum Gasteiger partial charge on any atom is -0.457 e. The normalized spacial score (nSPS) is 18.2. The Bertz CT molecular complexity index is 1680. The molecule has 3 aromatic carbocycles. The number of pyridine rings is 1. The van der Waals surface area contributed by atoms with Crippen LogP contribution in [0.3, 0.4) is 0 Å². The van der Waals surface area contributed by atoms with Gasteiger partial charge in [-0.25, -0.2) is 0 Å². The number of hydrogen-bond donors (Lipinski definition) is 4. The van der Waals surface area contributed by atoms with Gasteiger partial charge in [0.15, 0.2) is 0 Å². The number of hydrogen-bond acceptors (Lipinski definition) is 6. The van der Waals surface area contributed by atoms with Crippen LogP contribution in [0.1, 0.15) is 42.1 Å². The van der Waals surface area contributed by atoms with Crippen LogP contribution >= 0.6 is 0 Å². The molecule has 2 heterocycles. The number of fused-ring (bicyclic) bond motifs is 4. The van der Waals surface area contributed by atoms with E-state index in [1.54, 1.807) is 25.3 Å². The fourth-order valence-corrected chi connectivity index (χ4v) is 5.37. The van der Waals surface area contributed by atoms with Gasteiger partial charge in [0.1, 0.15) is 29.6 Å². The van der Waals surface area contributed by atoms with E-state index in [4.69, 9.17) is 4.74 Å². The molecule has 0 fully saturated rings.